The SMILES string of the molecule is COC(=O)CC(C)NC(=O)/C=C/c1c(C)nn(Cc2ccc(C)cc2)c1Cl. The number of methoxy groups -OCH3 is 1. The maximum atomic E-state index is 12.0. The Labute approximate surface area is 164 Å². The topological polar surface area (TPSA) is 73.2 Å². The lowest BCUT2D eigenvalue weighted by Crippen LogP contribution is -2.33. The second kappa shape index (κ2) is 9.37. The first-order chi connectivity index (χ1) is 12.8. The molecule has 0 bridgehead atoms. The van der Waals surface area contributed by atoms with Crippen LogP contribution in [-0.2, 0) is 20.9 Å². The molecule has 2 rings (SSSR count). The highest BCUT2D eigenvalue weighted by Crippen LogP contribution is 2.22. The van der Waals surface area contributed by atoms with Gasteiger partial charge >= 0.3 is 5.97 Å². The number of halogens is 1. The van der Waals surface area contributed by atoms with E-state index in [-0.39, 0.29) is 24.3 Å². The van der Waals surface area contributed by atoms with Gasteiger partial charge in [-0.15, -0.1) is 0 Å². The van der Waals surface area contributed by atoms with Crippen LogP contribution in [0.1, 0.15) is 35.7 Å². The van der Waals surface area contributed by atoms with Crippen LogP contribution < -0.4 is 5.32 Å². The summed E-state index contributed by atoms with van der Waals surface area (Å²) in [5, 5.41) is 7.64. The van der Waals surface area contributed by atoms with Gasteiger partial charge in [0.05, 0.1) is 25.8 Å². The monoisotopic (exact) mass is 389 g/mol. The van der Waals surface area contributed by atoms with Crippen LogP contribution in [0.2, 0.25) is 5.15 Å². The molecule has 7 heteroatoms. The maximum absolute atomic E-state index is 12.0. The van der Waals surface area contributed by atoms with E-state index in [1.807, 2.05) is 38.1 Å². The zero-order chi connectivity index (χ0) is 20.0. The maximum Gasteiger partial charge on any atom is 0.307 e. The van der Waals surface area contributed by atoms with E-state index in [0.29, 0.717) is 17.3 Å². The Morgan fingerprint density at radius 3 is 2.59 bits per heavy atom. The highest BCUT2D eigenvalue weighted by atomic mass is 35.5. The van der Waals surface area contributed by atoms with Crippen molar-refractivity contribution in [1.82, 2.24) is 15.1 Å². The van der Waals surface area contributed by atoms with Crippen molar-refractivity contribution in [3.63, 3.8) is 0 Å². The molecule has 0 spiro atoms. The number of nitrogens with one attached hydrogen (secondary N) is 1. The van der Waals surface area contributed by atoms with Crippen LogP contribution in [0.3, 0.4) is 0 Å². The summed E-state index contributed by atoms with van der Waals surface area (Å²) in [5.41, 5.74) is 3.71. The van der Waals surface area contributed by atoms with Crippen LogP contribution >= 0.6 is 11.6 Å². The van der Waals surface area contributed by atoms with Gasteiger partial charge in [0, 0.05) is 17.7 Å². The van der Waals surface area contributed by atoms with Gasteiger partial charge in [-0.3, -0.25) is 9.59 Å². The van der Waals surface area contributed by atoms with Crippen molar-refractivity contribution in [3.05, 3.63) is 57.9 Å². The summed E-state index contributed by atoms with van der Waals surface area (Å²) in [6, 6.07) is 7.83. The number of ether oxygens (including phenoxy) is 1. The van der Waals surface area contributed by atoms with Crippen LogP contribution in [0.15, 0.2) is 30.3 Å². The smallest absolute Gasteiger partial charge is 0.307 e. The number of nitrogens with zero attached hydrogens (tertiary/aromatic N) is 2. The molecule has 0 saturated heterocycles. The molecule has 1 aromatic carbocycles. The van der Waals surface area contributed by atoms with E-state index in [9.17, 15) is 9.59 Å². The molecule has 0 aliphatic heterocycles. The van der Waals surface area contributed by atoms with Crippen LogP contribution in [0.5, 0.6) is 0 Å². The summed E-state index contributed by atoms with van der Waals surface area (Å²) in [6.45, 7) is 6.17. The van der Waals surface area contributed by atoms with E-state index in [1.54, 1.807) is 17.7 Å². The van der Waals surface area contributed by atoms with E-state index in [4.69, 9.17) is 11.6 Å². The van der Waals surface area contributed by atoms with Crippen molar-refractivity contribution < 1.29 is 14.3 Å². The van der Waals surface area contributed by atoms with Crippen molar-refractivity contribution in [1.29, 1.82) is 0 Å². The first-order valence-corrected chi connectivity index (χ1v) is 9.01. The number of carbonyl (C=O) groups excluding carboxylic acids is 2. The van der Waals surface area contributed by atoms with Crippen molar-refractivity contribution in [2.24, 2.45) is 0 Å². The summed E-state index contributed by atoms with van der Waals surface area (Å²) >= 11 is 6.44. The Morgan fingerprint density at radius 2 is 1.96 bits per heavy atom. The van der Waals surface area contributed by atoms with Crippen LogP contribution in [0.25, 0.3) is 6.08 Å². The first-order valence-electron chi connectivity index (χ1n) is 8.64. The van der Waals surface area contributed by atoms with Crippen molar-refractivity contribution in [3.8, 4) is 0 Å². The quantitative estimate of drug-likeness (QED) is 0.582. The molecule has 1 N–H and O–H groups in total. The molecule has 0 aliphatic rings. The van der Waals surface area contributed by atoms with Crippen LogP contribution in [0.4, 0.5) is 0 Å². The largest absolute Gasteiger partial charge is 0.469 e. The number of carbonyl (C=O) groups is 2. The van der Waals surface area contributed by atoms with Gasteiger partial charge in [-0.2, -0.15) is 5.10 Å². The highest BCUT2D eigenvalue weighted by molar-refractivity contribution is 6.31. The predicted octanol–water partition coefficient (Wildman–Crippen LogP) is 3.28. The molecular formula is C20H24ClN3O3. The first kappa shape index (κ1) is 20.7. The standard InChI is InChI=1S/C20H24ClN3O3/c1-13-5-7-16(8-6-13)12-24-20(21)17(15(3)23-24)9-10-18(25)22-14(2)11-19(26)27-4/h5-10,14H,11-12H2,1-4H3,(H,22,25)/b10-9+. The molecule has 1 unspecified atom stereocenters. The number of rotatable bonds is 7. The minimum absolute atomic E-state index is 0.115. The minimum Gasteiger partial charge on any atom is -0.469 e. The zero-order valence-electron chi connectivity index (χ0n) is 16.0. The third kappa shape index (κ3) is 5.96. The van der Waals surface area contributed by atoms with Gasteiger partial charge < -0.3 is 10.1 Å². The number of aryl methyl sites for hydroxylation is 2. The van der Waals surface area contributed by atoms with Gasteiger partial charge in [-0.1, -0.05) is 41.4 Å². The number of hydrogen-bond donors (Lipinski definition) is 1. The van der Waals surface area contributed by atoms with E-state index < -0.39 is 0 Å². The van der Waals surface area contributed by atoms with E-state index in [1.165, 1.54) is 18.7 Å². The number of benzene rings is 1. The van der Waals surface area contributed by atoms with Gasteiger partial charge in [0.25, 0.3) is 0 Å². The predicted molar refractivity (Wildman–Crippen MR) is 106 cm³/mol. The van der Waals surface area contributed by atoms with Gasteiger partial charge in [-0.25, -0.2) is 4.68 Å². The highest BCUT2D eigenvalue weighted by Gasteiger charge is 2.13. The Hall–Kier alpha value is -2.60. The lowest BCUT2D eigenvalue weighted by Gasteiger charge is -2.10. The molecule has 0 aliphatic carbocycles. The van der Waals surface area contributed by atoms with Crippen molar-refractivity contribution in [2.45, 2.75) is 39.8 Å². The summed E-state index contributed by atoms with van der Waals surface area (Å²) < 4.78 is 6.29. The second-order valence-electron chi connectivity index (χ2n) is 6.46. The van der Waals surface area contributed by atoms with Crippen LogP contribution in [0, 0.1) is 13.8 Å². The Kier molecular flexibility index (Phi) is 7.19. The number of hydrogen-bond acceptors (Lipinski definition) is 4. The molecule has 1 amide bonds. The van der Waals surface area contributed by atoms with E-state index in [0.717, 1.165) is 11.3 Å². The molecular weight excluding hydrogens is 366 g/mol. The molecule has 1 heterocycles. The summed E-state index contributed by atoms with van der Waals surface area (Å²) in [4.78, 5) is 23.3. The fraction of sp³-hybridized carbons (Fsp3) is 0.350. The third-order valence-corrected chi connectivity index (χ3v) is 4.45. The van der Waals surface area contributed by atoms with Gasteiger partial charge in [0.2, 0.25) is 5.91 Å². The molecule has 0 saturated carbocycles. The van der Waals surface area contributed by atoms with Gasteiger partial charge in [0.15, 0.2) is 0 Å². The fourth-order valence-corrected chi connectivity index (χ4v) is 2.86. The Morgan fingerprint density at radius 1 is 1.30 bits per heavy atom. The van der Waals surface area contributed by atoms with Gasteiger partial charge in [-0.05, 0) is 32.4 Å². The Balaban J connectivity index is 2.05. The molecule has 0 fully saturated rings. The summed E-state index contributed by atoms with van der Waals surface area (Å²) in [6.07, 6.45) is 3.14. The second-order valence-corrected chi connectivity index (χ2v) is 6.81. The molecule has 6 nitrogen and oxygen atoms in total. The molecule has 1 atom stereocenters. The normalized spacial score (nSPS) is 12.2. The summed E-state index contributed by atoms with van der Waals surface area (Å²) in [5.74, 6) is -0.684. The van der Waals surface area contributed by atoms with E-state index in [2.05, 4.69) is 15.2 Å². The number of amides is 1. The van der Waals surface area contributed by atoms with Gasteiger partial charge in [0.1, 0.15) is 5.15 Å². The molecule has 0 radical (unpaired) electrons. The zero-order valence-corrected chi connectivity index (χ0v) is 16.7. The fourth-order valence-electron chi connectivity index (χ4n) is 2.56. The molecule has 2 aromatic rings. The minimum atomic E-state index is -0.372. The average molecular weight is 390 g/mol. The van der Waals surface area contributed by atoms with Crippen molar-refractivity contribution in [2.75, 3.05) is 7.11 Å². The molecule has 1 aromatic heterocycles. The lowest BCUT2D eigenvalue weighted by atomic mass is 10.1. The number of aromatic nitrogens is 2. The third-order valence-electron chi connectivity index (χ3n) is 4.05. The molecule has 144 valence electrons. The van der Waals surface area contributed by atoms with E-state index >= 15 is 0 Å². The number of esters is 1. The Bertz CT molecular complexity index is 841. The summed E-state index contributed by atoms with van der Waals surface area (Å²) in [7, 11) is 1.32. The average Bonchev–Trinajstić information content (AvgIpc) is 2.88. The van der Waals surface area contributed by atoms with Crippen LogP contribution in [-0.4, -0.2) is 34.8 Å². The lowest BCUT2D eigenvalue weighted by molar-refractivity contribution is -0.141. The molecule has 27 heavy (non-hydrogen) atoms. The van der Waals surface area contributed by atoms with Crippen molar-refractivity contribution >= 4 is 29.6 Å².